The summed E-state index contributed by atoms with van der Waals surface area (Å²) in [5, 5.41) is 0.404. The first-order valence-corrected chi connectivity index (χ1v) is 11.7. The number of rotatable bonds is 5. The predicted molar refractivity (Wildman–Crippen MR) is 115 cm³/mol. The smallest absolute Gasteiger partial charge is 0.338 e. The molecule has 1 aromatic heterocycles. The molecule has 1 unspecified atom stereocenters. The molecule has 0 spiro atoms. The van der Waals surface area contributed by atoms with Crippen LogP contribution in [0.25, 0.3) is 10.9 Å². The Morgan fingerprint density at radius 2 is 1.88 bits per heavy atom. The van der Waals surface area contributed by atoms with Gasteiger partial charge in [-0.3, -0.25) is 4.79 Å². The molecule has 0 aliphatic carbocycles. The normalized spacial score (nSPS) is 16.1. The molecule has 0 saturated carbocycles. The van der Waals surface area contributed by atoms with Gasteiger partial charge in [0.05, 0.1) is 16.5 Å². The number of nitrogens with zero attached hydrogens (tertiary/aromatic N) is 2. The van der Waals surface area contributed by atoms with Crippen LogP contribution in [0.3, 0.4) is 0 Å². The average Bonchev–Trinajstić information content (AvgIpc) is 2.79. The number of sulfonamides is 1. The van der Waals surface area contributed by atoms with E-state index in [-0.39, 0.29) is 16.9 Å². The van der Waals surface area contributed by atoms with Crippen molar-refractivity contribution in [3.05, 3.63) is 70.0 Å². The molecule has 32 heavy (non-hydrogen) atoms. The molecule has 1 aliphatic rings. The van der Waals surface area contributed by atoms with Crippen molar-refractivity contribution in [1.82, 2.24) is 14.3 Å². The molecule has 1 atom stereocenters. The van der Waals surface area contributed by atoms with Gasteiger partial charge in [-0.15, -0.1) is 0 Å². The standard InChI is InChI=1S/C22H22FN3O5S/c1-14(20-24-18-8-4-3-7-16(18)21(27)25-20)31-22(28)15-9-10-17(23)19(13-15)32(29,30)26-11-5-2-6-12-26/h3-4,7-10,13-14H,2,5-6,11-12H2,1H3,(H,24,25,27). The molecule has 0 bridgehead atoms. The van der Waals surface area contributed by atoms with E-state index in [1.165, 1.54) is 11.2 Å². The highest BCUT2D eigenvalue weighted by atomic mass is 32.2. The zero-order valence-corrected chi connectivity index (χ0v) is 18.2. The van der Waals surface area contributed by atoms with E-state index in [0.29, 0.717) is 36.8 Å². The van der Waals surface area contributed by atoms with Crippen molar-refractivity contribution in [3.63, 3.8) is 0 Å². The van der Waals surface area contributed by atoms with E-state index in [1.54, 1.807) is 24.3 Å². The summed E-state index contributed by atoms with van der Waals surface area (Å²) in [6, 6.07) is 9.84. The van der Waals surface area contributed by atoms with Gasteiger partial charge in [-0.2, -0.15) is 4.31 Å². The van der Waals surface area contributed by atoms with E-state index in [4.69, 9.17) is 4.74 Å². The van der Waals surface area contributed by atoms with E-state index >= 15 is 0 Å². The predicted octanol–water partition coefficient (Wildman–Crippen LogP) is 3.15. The molecule has 168 valence electrons. The summed E-state index contributed by atoms with van der Waals surface area (Å²) in [6.07, 6.45) is 1.41. The molecule has 1 N–H and O–H groups in total. The van der Waals surface area contributed by atoms with Gasteiger partial charge in [0.2, 0.25) is 10.0 Å². The summed E-state index contributed by atoms with van der Waals surface area (Å²) in [5.74, 6) is -1.64. The quantitative estimate of drug-likeness (QED) is 0.587. The maximum absolute atomic E-state index is 14.4. The zero-order valence-electron chi connectivity index (χ0n) is 17.4. The van der Waals surface area contributed by atoms with E-state index in [2.05, 4.69) is 9.97 Å². The second kappa shape index (κ2) is 8.79. The van der Waals surface area contributed by atoms with Crippen LogP contribution in [-0.4, -0.2) is 41.7 Å². The third-order valence-corrected chi connectivity index (χ3v) is 7.31. The number of piperidine rings is 1. The molecule has 4 rings (SSSR count). The van der Waals surface area contributed by atoms with Crippen molar-refractivity contribution in [3.8, 4) is 0 Å². The van der Waals surface area contributed by atoms with Gasteiger partial charge in [-0.05, 0) is 50.1 Å². The molecular weight excluding hydrogens is 437 g/mol. The number of aromatic nitrogens is 2. The Kier molecular flexibility index (Phi) is 6.07. The first-order chi connectivity index (χ1) is 15.3. The third-order valence-electron chi connectivity index (χ3n) is 5.40. The van der Waals surface area contributed by atoms with Crippen molar-refractivity contribution in [1.29, 1.82) is 0 Å². The number of fused-ring (bicyclic) bond motifs is 1. The Labute approximate surface area is 184 Å². The van der Waals surface area contributed by atoms with Crippen LogP contribution < -0.4 is 5.56 Å². The van der Waals surface area contributed by atoms with Crippen LogP contribution in [0.2, 0.25) is 0 Å². The van der Waals surface area contributed by atoms with Gasteiger partial charge < -0.3 is 9.72 Å². The van der Waals surface area contributed by atoms with E-state index in [1.807, 2.05) is 0 Å². The lowest BCUT2D eigenvalue weighted by atomic mass is 10.2. The zero-order chi connectivity index (χ0) is 22.9. The van der Waals surface area contributed by atoms with Gasteiger partial charge in [0.1, 0.15) is 10.7 Å². The Balaban J connectivity index is 1.59. The molecule has 1 aliphatic heterocycles. The van der Waals surface area contributed by atoms with Crippen molar-refractivity contribution in [2.75, 3.05) is 13.1 Å². The van der Waals surface area contributed by atoms with E-state index < -0.39 is 32.8 Å². The summed E-state index contributed by atoms with van der Waals surface area (Å²) in [5.41, 5.74) is -0.0343. The lowest BCUT2D eigenvalue weighted by Crippen LogP contribution is -2.36. The summed E-state index contributed by atoms with van der Waals surface area (Å²) >= 11 is 0. The topological polar surface area (TPSA) is 109 Å². The largest absolute Gasteiger partial charge is 0.451 e. The van der Waals surface area contributed by atoms with Crippen LogP contribution in [0.5, 0.6) is 0 Å². The van der Waals surface area contributed by atoms with Crippen molar-refractivity contribution < 1.29 is 22.3 Å². The first kappa shape index (κ1) is 22.1. The monoisotopic (exact) mass is 459 g/mol. The van der Waals surface area contributed by atoms with E-state index in [9.17, 15) is 22.4 Å². The number of benzene rings is 2. The fourth-order valence-electron chi connectivity index (χ4n) is 3.65. The molecule has 3 aromatic rings. The minimum atomic E-state index is -4.07. The summed E-state index contributed by atoms with van der Waals surface area (Å²) < 4.78 is 46.8. The number of aromatic amines is 1. The molecule has 1 fully saturated rings. The lowest BCUT2D eigenvalue weighted by molar-refractivity contribution is 0.0319. The molecule has 1 saturated heterocycles. The highest BCUT2D eigenvalue weighted by molar-refractivity contribution is 7.89. The Bertz CT molecular complexity index is 1330. The number of hydrogen-bond acceptors (Lipinski definition) is 6. The number of H-pyrrole nitrogens is 1. The average molecular weight is 459 g/mol. The first-order valence-electron chi connectivity index (χ1n) is 10.3. The van der Waals surface area contributed by atoms with Gasteiger partial charge in [-0.25, -0.2) is 22.6 Å². The number of halogens is 1. The number of hydrogen-bond donors (Lipinski definition) is 1. The number of esters is 1. The summed E-state index contributed by atoms with van der Waals surface area (Å²) in [7, 11) is -4.07. The van der Waals surface area contributed by atoms with Crippen molar-refractivity contribution in [2.45, 2.75) is 37.2 Å². The SMILES string of the molecule is CC(OC(=O)c1ccc(F)c(S(=O)(=O)N2CCCCC2)c1)c1nc2ccccc2c(=O)[nH]1. The van der Waals surface area contributed by atoms with Crippen molar-refractivity contribution in [2.24, 2.45) is 0 Å². The number of para-hydroxylation sites is 1. The molecule has 2 heterocycles. The third kappa shape index (κ3) is 4.28. The minimum Gasteiger partial charge on any atom is -0.451 e. The second-order valence-electron chi connectivity index (χ2n) is 7.63. The molecule has 2 aromatic carbocycles. The number of nitrogens with one attached hydrogen (secondary N) is 1. The Morgan fingerprint density at radius 1 is 1.16 bits per heavy atom. The van der Waals surface area contributed by atoms with Gasteiger partial charge in [0.25, 0.3) is 5.56 Å². The minimum absolute atomic E-state index is 0.114. The van der Waals surface area contributed by atoms with Crippen LogP contribution in [-0.2, 0) is 14.8 Å². The van der Waals surface area contributed by atoms with Crippen LogP contribution in [0.15, 0.2) is 52.2 Å². The molecule has 0 radical (unpaired) electrons. The molecular formula is C22H22FN3O5S. The van der Waals surface area contributed by atoms with Gasteiger partial charge >= 0.3 is 5.97 Å². The summed E-state index contributed by atoms with van der Waals surface area (Å²) in [4.78, 5) is 31.3. The highest BCUT2D eigenvalue weighted by Crippen LogP contribution is 2.25. The lowest BCUT2D eigenvalue weighted by Gasteiger charge is -2.26. The summed E-state index contributed by atoms with van der Waals surface area (Å²) in [6.45, 7) is 2.16. The molecule has 8 nitrogen and oxygen atoms in total. The number of ether oxygens (including phenoxy) is 1. The highest BCUT2D eigenvalue weighted by Gasteiger charge is 2.30. The fraction of sp³-hybridized carbons (Fsp3) is 0.318. The van der Waals surface area contributed by atoms with Crippen molar-refractivity contribution >= 4 is 26.9 Å². The number of carbonyl (C=O) groups is 1. The van der Waals surface area contributed by atoms with Crippen LogP contribution >= 0.6 is 0 Å². The maximum Gasteiger partial charge on any atom is 0.338 e. The Morgan fingerprint density at radius 3 is 2.62 bits per heavy atom. The Hall–Kier alpha value is -3.11. The van der Waals surface area contributed by atoms with Crippen LogP contribution in [0.1, 0.15) is 48.5 Å². The van der Waals surface area contributed by atoms with Crippen LogP contribution in [0.4, 0.5) is 4.39 Å². The van der Waals surface area contributed by atoms with Gasteiger partial charge in [-0.1, -0.05) is 18.6 Å². The van der Waals surface area contributed by atoms with E-state index in [0.717, 1.165) is 24.6 Å². The van der Waals surface area contributed by atoms with Gasteiger partial charge in [0.15, 0.2) is 11.9 Å². The maximum atomic E-state index is 14.4. The fourth-order valence-corrected chi connectivity index (χ4v) is 5.26. The van der Waals surface area contributed by atoms with Crippen LogP contribution in [0, 0.1) is 5.82 Å². The molecule has 10 heteroatoms. The number of carbonyl (C=O) groups excluding carboxylic acids is 1. The molecule has 0 amide bonds. The van der Waals surface area contributed by atoms with Gasteiger partial charge in [0, 0.05) is 13.1 Å². The second-order valence-corrected chi connectivity index (χ2v) is 9.53.